The maximum atomic E-state index is 12.1. The highest BCUT2D eigenvalue weighted by Crippen LogP contribution is 2.27. The highest BCUT2D eigenvalue weighted by atomic mass is 79.9. The SMILES string of the molecule is COc1ccc(C(=O)NN=Cc2cc(Br)ccc2O)cc1OC. The molecule has 0 spiro atoms. The summed E-state index contributed by atoms with van der Waals surface area (Å²) in [5.74, 6) is 0.648. The van der Waals surface area contributed by atoms with Crippen LogP contribution in [0, 0.1) is 0 Å². The summed E-state index contributed by atoms with van der Waals surface area (Å²) < 4.78 is 11.1. The number of halogens is 1. The third-order valence-corrected chi connectivity index (χ3v) is 3.50. The van der Waals surface area contributed by atoms with Gasteiger partial charge in [-0.2, -0.15) is 5.10 Å². The molecule has 0 aliphatic heterocycles. The Morgan fingerprint density at radius 3 is 2.61 bits per heavy atom. The second-order valence-corrected chi connectivity index (χ2v) is 5.39. The van der Waals surface area contributed by atoms with Crippen molar-refractivity contribution in [2.45, 2.75) is 0 Å². The molecule has 2 N–H and O–H groups in total. The van der Waals surface area contributed by atoms with Gasteiger partial charge in [-0.1, -0.05) is 15.9 Å². The normalized spacial score (nSPS) is 10.6. The van der Waals surface area contributed by atoms with Crippen LogP contribution in [0.15, 0.2) is 46.0 Å². The molecule has 0 aromatic heterocycles. The van der Waals surface area contributed by atoms with E-state index < -0.39 is 5.91 Å². The zero-order chi connectivity index (χ0) is 16.8. The average Bonchev–Trinajstić information content (AvgIpc) is 2.57. The van der Waals surface area contributed by atoms with Gasteiger partial charge in [0.1, 0.15) is 5.75 Å². The molecule has 0 saturated carbocycles. The Labute approximate surface area is 141 Å². The van der Waals surface area contributed by atoms with E-state index in [1.54, 1.807) is 30.3 Å². The van der Waals surface area contributed by atoms with Gasteiger partial charge in [0.15, 0.2) is 11.5 Å². The largest absolute Gasteiger partial charge is 0.507 e. The summed E-state index contributed by atoms with van der Waals surface area (Å²) in [6, 6.07) is 9.71. The second-order valence-electron chi connectivity index (χ2n) is 4.47. The van der Waals surface area contributed by atoms with E-state index in [9.17, 15) is 9.90 Å². The van der Waals surface area contributed by atoms with Crippen molar-refractivity contribution < 1.29 is 19.4 Å². The zero-order valence-corrected chi connectivity index (χ0v) is 14.1. The molecule has 2 aromatic rings. The quantitative estimate of drug-likeness (QED) is 0.619. The van der Waals surface area contributed by atoms with Crippen LogP contribution >= 0.6 is 15.9 Å². The zero-order valence-electron chi connectivity index (χ0n) is 12.5. The minimum atomic E-state index is -0.406. The van der Waals surface area contributed by atoms with E-state index >= 15 is 0 Å². The van der Waals surface area contributed by atoms with Crippen LogP contribution in [-0.4, -0.2) is 31.4 Å². The molecule has 120 valence electrons. The summed E-state index contributed by atoms with van der Waals surface area (Å²) >= 11 is 3.30. The predicted molar refractivity (Wildman–Crippen MR) is 90.4 cm³/mol. The first-order chi connectivity index (χ1) is 11.0. The number of phenolic OH excluding ortho intramolecular Hbond substituents is 1. The number of benzene rings is 2. The molecule has 0 aliphatic carbocycles. The minimum Gasteiger partial charge on any atom is -0.507 e. The Bertz CT molecular complexity index is 747. The lowest BCUT2D eigenvalue weighted by Crippen LogP contribution is -2.17. The van der Waals surface area contributed by atoms with Crippen LogP contribution in [-0.2, 0) is 0 Å². The van der Waals surface area contributed by atoms with Gasteiger partial charge in [-0.15, -0.1) is 0 Å². The highest BCUT2D eigenvalue weighted by molar-refractivity contribution is 9.10. The number of phenols is 1. The molecule has 2 aromatic carbocycles. The van der Waals surface area contributed by atoms with Crippen LogP contribution in [0.3, 0.4) is 0 Å². The van der Waals surface area contributed by atoms with E-state index in [0.717, 1.165) is 4.47 Å². The number of carbonyl (C=O) groups is 1. The third kappa shape index (κ3) is 4.23. The first kappa shape index (κ1) is 16.8. The van der Waals surface area contributed by atoms with Crippen molar-refractivity contribution in [2.24, 2.45) is 5.10 Å². The van der Waals surface area contributed by atoms with Crippen LogP contribution < -0.4 is 14.9 Å². The van der Waals surface area contributed by atoms with Gasteiger partial charge in [-0.05, 0) is 36.4 Å². The van der Waals surface area contributed by atoms with Crippen molar-refractivity contribution in [2.75, 3.05) is 14.2 Å². The molecule has 0 fully saturated rings. The van der Waals surface area contributed by atoms with E-state index in [-0.39, 0.29) is 5.75 Å². The van der Waals surface area contributed by atoms with Crippen LogP contribution in [0.4, 0.5) is 0 Å². The molecule has 6 nitrogen and oxygen atoms in total. The fourth-order valence-electron chi connectivity index (χ4n) is 1.83. The standard InChI is InChI=1S/C16H15BrN2O4/c1-22-14-6-3-10(8-15(14)23-2)16(21)19-18-9-11-7-12(17)4-5-13(11)20/h3-9,20H,1-2H3,(H,19,21). The van der Waals surface area contributed by atoms with Gasteiger partial charge in [0, 0.05) is 15.6 Å². The molecule has 2 rings (SSSR count). The Morgan fingerprint density at radius 2 is 1.91 bits per heavy atom. The molecular formula is C16H15BrN2O4. The summed E-state index contributed by atoms with van der Waals surface area (Å²) in [5, 5.41) is 13.5. The Balaban J connectivity index is 2.10. The minimum absolute atomic E-state index is 0.0670. The number of nitrogens with zero attached hydrogens (tertiary/aromatic N) is 1. The number of ether oxygens (including phenoxy) is 2. The van der Waals surface area contributed by atoms with E-state index in [4.69, 9.17) is 9.47 Å². The molecule has 7 heteroatoms. The van der Waals surface area contributed by atoms with Gasteiger partial charge in [0.25, 0.3) is 5.91 Å². The summed E-state index contributed by atoms with van der Waals surface area (Å²) in [7, 11) is 3.01. The second kappa shape index (κ2) is 7.64. The first-order valence-corrected chi connectivity index (χ1v) is 7.38. The number of hydrogen-bond donors (Lipinski definition) is 2. The van der Waals surface area contributed by atoms with Gasteiger partial charge < -0.3 is 14.6 Å². The fourth-order valence-corrected chi connectivity index (χ4v) is 2.21. The maximum Gasteiger partial charge on any atom is 0.271 e. The van der Waals surface area contributed by atoms with Gasteiger partial charge in [0.05, 0.1) is 20.4 Å². The van der Waals surface area contributed by atoms with Crippen molar-refractivity contribution in [3.63, 3.8) is 0 Å². The van der Waals surface area contributed by atoms with Crippen molar-refractivity contribution in [3.05, 3.63) is 52.0 Å². The van der Waals surface area contributed by atoms with Crippen LogP contribution in [0.2, 0.25) is 0 Å². The summed E-state index contributed by atoms with van der Waals surface area (Å²) in [6.07, 6.45) is 1.36. The smallest absolute Gasteiger partial charge is 0.271 e. The summed E-state index contributed by atoms with van der Waals surface area (Å²) in [6.45, 7) is 0. The van der Waals surface area contributed by atoms with Crippen LogP contribution in [0.25, 0.3) is 0 Å². The number of amides is 1. The molecule has 0 heterocycles. The lowest BCUT2D eigenvalue weighted by atomic mass is 10.2. The lowest BCUT2D eigenvalue weighted by Gasteiger charge is -2.08. The molecule has 0 unspecified atom stereocenters. The molecule has 0 atom stereocenters. The maximum absolute atomic E-state index is 12.1. The predicted octanol–water partition coefficient (Wildman–Crippen LogP) is 2.94. The highest BCUT2D eigenvalue weighted by Gasteiger charge is 2.10. The third-order valence-electron chi connectivity index (χ3n) is 3.01. The lowest BCUT2D eigenvalue weighted by molar-refractivity contribution is 0.0954. The number of carbonyl (C=O) groups excluding carboxylic acids is 1. The average molecular weight is 379 g/mol. The van der Waals surface area contributed by atoms with Crippen LogP contribution in [0.5, 0.6) is 17.2 Å². The number of hydrogen-bond acceptors (Lipinski definition) is 5. The molecule has 0 aliphatic rings. The monoisotopic (exact) mass is 378 g/mol. The number of methoxy groups -OCH3 is 2. The van der Waals surface area contributed by atoms with Gasteiger partial charge in [0.2, 0.25) is 0 Å². The molecule has 0 bridgehead atoms. The van der Waals surface area contributed by atoms with Crippen LogP contribution in [0.1, 0.15) is 15.9 Å². The van der Waals surface area contributed by atoms with Crippen molar-refractivity contribution in [1.29, 1.82) is 0 Å². The van der Waals surface area contributed by atoms with Crippen molar-refractivity contribution in [3.8, 4) is 17.2 Å². The number of aromatic hydroxyl groups is 1. The van der Waals surface area contributed by atoms with E-state index in [1.807, 2.05) is 0 Å². The number of rotatable bonds is 5. The first-order valence-electron chi connectivity index (χ1n) is 6.59. The number of nitrogens with one attached hydrogen (secondary N) is 1. The molecular weight excluding hydrogens is 364 g/mol. The van der Waals surface area contributed by atoms with Gasteiger partial charge in [-0.25, -0.2) is 5.43 Å². The fraction of sp³-hybridized carbons (Fsp3) is 0.125. The topological polar surface area (TPSA) is 80.2 Å². The van der Waals surface area contributed by atoms with Gasteiger partial charge in [-0.3, -0.25) is 4.79 Å². The Hall–Kier alpha value is -2.54. The number of hydrazone groups is 1. The molecule has 0 radical (unpaired) electrons. The Kier molecular flexibility index (Phi) is 5.59. The van der Waals surface area contributed by atoms with E-state index in [2.05, 4.69) is 26.5 Å². The molecule has 23 heavy (non-hydrogen) atoms. The summed E-state index contributed by atoms with van der Waals surface area (Å²) in [4.78, 5) is 12.1. The van der Waals surface area contributed by atoms with Crippen molar-refractivity contribution >= 4 is 28.1 Å². The molecule has 0 saturated heterocycles. The van der Waals surface area contributed by atoms with Gasteiger partial charge >= 0.3 is 0 Å². The van der Waals surface area contributed by atoms with Crippen molar-refractivity contribution in [1.82, 2.24) is 5.43 Å². The Morgan fingerprint density at radius 1 is 1.17 bits per heavy atom. The van der Waals surface area contributed by atoms with E-state index in [0.29, 0.717) is 22.6 Å². The summed E-state index contributed by atoms with van der Waals surface area (Å²) in [5.41, 5.74) is 3.24. The van der Waals surface area contributed by atoms with E-state index in [1.165, 1.54) is 26.5 Å². The molecule has 1 amide bonds.